The molecule has 0 amide bonds. The lowest BCUT2D eigenvalue weighted by molar-refractivity contribution is 0.417. The van der Waals surface area contributed by atoms with Gasteiger partial charge in [0.25, 0.3) is 0 Å². The second kappa shape index (κ2) is 4.74. The Morgan fingerprint density at radius 3 is 2.71 bits per heavy atom. The molecule has 0 bridgehead atoms. The van der Waals surface area contributed by atoms with Crippen molar-refractivity contribution in [2.45, 2.75) is 13.3 Å². The maximum Gasteiger partial charge on any atom is 0.143 e. The lowest BCUT2D eigenvalue weighted by atomic mass is 10.2. The van der Waals surface area contributed by atoms with Crippen molar-refractivity contribution < 1.29 is 4.74 Å². The summed E-state index contributed by atoms with van der Waals surface area (Å²) in [5, 5.41) is 0. The van der Waals surface area contributed by atoms with Crippen molar-refractivity contribution in [3.63, 3.8) is 0 Å². The van der Waals surface area contributed by atoms with Gasteiger partial charge in [-0.3, -0.25) is 0 Å². The number of benzene rings is 1. The summed E-state index contributed by atoms with van der Waals surface area (Å²) in [5.41, 5.74) is 7.55. The summed E-state index contributed by atoms with van der Waals surface area (Å²) < 4.78 is 5.16. The zero-order valence-corrected chi connectivity index (χ0v) is 9.08. The minimum Gasteiger partial charge on any atom is -0.495 e. The topological polar surface area (TPSA) is 38.5 Å². The third-order valence-electron chi connectivity index (χ3n) is 2.22. The average Bonchev–Trinajstić information content (AvgIpc) is 2.19. The molecule has 0 aliphatic heterocycles. The number of nitrogens with zero attached hydrogens (tertiary/aromatic N) is 1. The SMILES string of the molecule is CCCN(C)c1ccc(N)c(OC)c1. The van der Waals surface area contributed by atoms with E-state index < -0.39 is 0 Å². The van der Waals surface area contributed by atoms with Gasteiger partial charge in [-0.1, -0.05) is 6.92 Å². The molecule has 0 aliphatic rings. The smallest absolute Gasteiger partial charge is 0.143 e. The third-order valence-corrected chi connectivity index (χ3v) is 2.22. The van der Waals surface area contributed by atoms with E-state index in [2.05, 4.69) is 18.9 Å². The zero-order chi connectivity index (χ0) is 10.6. The van der Waals surface area contributed by atoms with Crippen LogP contribution < -0.4 is 15.4 Å². The van der Waals surface area contributed by atoms with Crippen LogP contribution in [-0.2, 0) is 0 Å². The predicted octanol–water partition coefficient (Wildman–Crippen LogP) is 2.12. The molecule has 0 unspecified atom stereocenters. The van der Waals surface area contributed by atoms with Crippen molar-refractivity contribution in [3.05, 3.63) is 18.2 Å². The Hall–Kier alpha value is -1.38. The van der Waals surface area contributed by atoms with Crippen LogP contribution in [0, 0.1) is 0 Å². The highest BCUT2D eigenvalue weighted by Crippen LogP contribution is 2.26. The summed E-state index contributed by atoms with van der Waals surface area (Å²) >= 11 is 0. The summed E-state index contributed by atoms with van der Waals surface area (Å²) in [6.45, 7) is 3.19. The number of nitrogens with two attached hydrogens (primary N) is 1. The van der Waals surface area contributed by atoms with Gasteiger partial charge in [0.05, 0.1) is 12.8 Å². The first-order chi connectivity index (χ1) is 6.69. The van der Waals surface area contributed by atoms with Crippen molar-refractivity contribution in [2.75, 3.05) is 31.3 Å². The molecule has 1 rings (SSSR count). The van der Waals surface area contributed by atoms with Gasteiger partial charge in [0, 0.05) is 25.3 Å². The highest BCUT2D eigenvalue weighted by atomic mass is 16.5. The molecule has 0 aliphatic carbocycles. The summed E-state index contributed by atoms with van der Waals surface area (Å²) in [6.07, 6.45) is 1.13. The number of rotatable bonds is 4. The fraction of sp³-hybridized carbons (Fsp3) is 0.455. The van der Waals surface area contributed by atoms with Crippen molar-refractivity contribution >= 4 is 11.4 Å². The van der Waals surface area contributed by atoms with E-state index in [-0.39, 0.29) is 0 Å². The molecule has 78 valence electrons. The Kier molecular flexibility index (Phi) is 3.63. The highest BCUT2D eigenvalue weighted by Gasteiger charge is 2.03. The number of methoxy groups -OCH3 is 1. The van der Waals surface area contributed by atoms with E-state index in [1.165, 1.54) is 0 Å². The fourth-order valence-corrected chi connectivity index (χ4v) is 1.40. The molecule has 14 heavy (non-hydrogen) atoms. The summed E-state index contributed by atoms with van der Waals surface area (Å²) in [7, 11) is 3.70. The van der Waals surface area contributed by atoms with E-state index in [9.17, 15) is 0 Å². The Balaban J connectivity index is 2.88. The highest BCUT2D eigenvalue weighted by molar-refractivity contribution is 5.62. The van der Waals surface area contributed by atoms with Gasteiger partial charge in [0.2, 0.25) is 0 Å². The molecule has 0 saturated carbocycles. The van der Waals surface area contributed by atoms with Crippen LogP contribution in [0.4, 0.5) is 11.4 Å². The molecule has 0 spiro atoms. The van der Waals surface area contributed by atoms with Gasteiger partial charge in [-0.15, -0.1) is 0 Å². The van der Waals surface area contributed by atoms with E-state index in [4.69, 9.17) is 10.5 Å². The third kappa shape index (κ3) is 2.31. The Bertz CT molecular complexity index is 299. The Morgan fingerprint density at radius 1 is 1.43 bits per heavy atom. The van der Waals surface area contributed by atoms with Gasteiger partial charge >= 0.3 is 0 Å². The number of hydrogen-bond donors (Lipinski definition) is 1. The van der Waals surface area contributed by atoms with Crippen molar-refractivity contribution in [3.8, 4) is 5.75 Å². The van der Waals surface area contributed by atoms with E-state index in [0.717, 1.165) is 24.4 Å². The van der Waals surface area contributed by atoms with Gasteiger partial charge in [0.15, 0.2) is 0 Å². The van der Waals surface area contributed by atoms with Crippen LogP contribution in [0.2, 0.25) is 0 Å². The summed E-state index contributed by atoms with van der Waals surface area (Å²) in [5.74, 6) is 0.741. The van der Waals surface area contributed by atoms with Gasteiger partial charge in [0.1, 0.15) is 5.75 Å². The van der Waals surface area contributed by atoms with Crippen molar-refractivity contribution in [1.82, 2.24) is 0 Å². The molecular weight excluding hydrogens is 176 g/mol. The number of anilines is 2. The van der Waals surface area contributed by atoms with E-state index >= 15 is 0 Å². The quantitative estimate of drug-likeness (QED) is 0.746. The second-order valence-electron chi connectivity index (χ2n) is 3.35. The maximum absolute atomic E-state index is 5.73. The Labute approximate surface area is 85.5 Å². The Morgan fingerprint density at radius 2 is 2.14 bits per heavy atom. The minimum atomic E-state index is 0.682. The molecule has 1 aromatic carbocycles. The van der Waals surface area contributed by atoms with Crippen LogP contribution in [0.15, 0.2) is 18.2 Å². The van der Waals surface area contributed by atoms with Gasteiger partial charge in [-0.25, -0.2) is 0 Å². The fourth-order valence-electron chi connectivity index (χ4n) is 1.40. The average molecular weight is 194 g/mol. The molecule has 0 aromatic heterocycles. The molecule has 1 aromatic rings. The van der Waals surface area contributed by atoms with Gasteiger partial charge in [-0.05, 0) is 18.6 Å². The minimum absolute atomic E-state index is 0.682. The van der Waals surface area contributed by atoms with E-state index in [1.54, 1.807) is 7.11 Å². The van der Waals surface area contributed by atoms with Crippen LogP contribution in [-0.4, -0.2) is 20.7 Å². The molecule has 3 nitrogen and oxygen atoms in total. The molecule has 0 radical (unpaired) electrons. The standard InChI is InChI=1S/C11H18N2O/c1-4-7-13(2)9-5-6-10(12)11(8-9)14-3/h5-6,8H,4,7,12H2,1-3H3. The lowest BCUT2D eigenvalue weighted by Crippen LogP contribution is -2.17. The lowest BCUT2D eigenvalue weighted by Gasteiger charge is -2.19. The van der Waals surface area contributed by atoms with Crippen molar-refractivity contribution in [2.24, 2.45) is 0 Å². The molecule has 0 heterocycles. The largest absolute Gasteiger partial charge is 0.495 e. The van der Waals surface area contributed by atoms with E-state index in [1.807, 2.05) is 18.2 Å². The maximum atomic E-state index is 5.73. The normalized spacial score (nSPS) is 9.93. The molecule has 0 fully saturated rings. The van der Waals surface area contributed by atoms with E-state index in [0.29, 0.717) is 5.69 Å². The molecule has 0 saturated heterocycles. The molecule has 0 atom stereocenters. The van der Waals surface area contributed by atoms with Crippen LogP contribution in [0.3, 0.4) is 0 Å². The van der Waals surface area contributed by atoms with Crippen LogP contribution in [0.25, 0.3) is 0 Å². The number of ether oxygens (including phenoxy) is 1. The van der Waals surface area contributed by atoms with Crippen molar-refractivity contribution in [1.29, 1.82) is 0 Å². The second-order valence-corrected chi connectivity index (χ2v) is 3.35. The number of nitrogen functional groups attached to an aromatic ring is 1. The molecule has 3 heteroatoms. The number of hydrogen-bond acceptors (Lipinski definition) is 3. The summed E-state index contributed by atoms with van der Waals surface area (Å²) in [4.78, 5) is 2.18. The van der Waals surface area contributed by atoms with Crippen LogP contribution >= 0.6 is 0 Å². The summed E-state index contributed by atoms with van der Waals surface area (Å²) in [6, 6.07) is 5.85. The van der Waals surface area contributed by atoms with Gasteiger partial charge in [-0.2, -0.15) is 0 Å². The molecular formula is C11H18N2O. The first-order valence-corrected chi connectivity index (χ1v) is 4.83. The monoisotopic (exact) mass is 194 g/mol. The first-order valence-electron chi connectivity index (χ1n) is 4.83. The molecule has 2 N–H and O–H groups in total. The zero-order valence-electron chi connectivity index (χ0n) is 9.08. The van der Waals surface area contributed by atoms with Crippen LogP contribution in [0.5, 0.6) is 5.75 Å². The van der Waals surface area contributed by atoms with Crippen LogP contribution in [0.1, 0.15) is 13.3 Å². The van der Waals surface area contributed by atoms with Gasteiger partial charge < -0.3 is 15.4 Å². The predicted molar refractivity (Wildman–Crippen MR) is 61.0 cm³/mol. The first kappa shape index (κ1) is 10.7.